The van der Waals surface area contributed by atoms with E-state index in [1.807, 2.05) is 12.1 Å². The lowest BCUT2D eigenvalue weighted by atomic mass is 9.69. The van der Waals surface area contributed by atoms with Crippen molar-refractivity contribution in [1.82, 2.24) is 0 Å². The highest BCUT2D eigenvalue weighted by molar-refractivity contribution is 5.31. The number of hydrogen-bond donors (Lipinski definition) is 0. The smallest absolute Gasteiger partial charge is 0.123 e. The van der Waals surface area contributed by atoms with Crippen LogP contribution in [0.4, 0.5) is 4.39 Å². The highest BCUT2D eigenvalue weighted by Crippen LogP contribution is 2.40. The van der Waals surface area contributed by atoms with Crippen LogP contribution in [-0.2, 0) is 5.41 Å². The summed E-state index contributed by atoms with van der Waals surface area (Å²) in [7, 11) is 0. The molecule has 0 saturated heterocycles. The second-order valence-corrected chi connectivity index (χ2v) is 4.43. The largest absolute Gasteiger partial charge is 0.207 e. The molecule has 0 aromatic heterocycles. The first-order valence-corrected chi connectivity index (χ1v) is 5.66. The van der Waals surface area contributed by atoms with E-state index in [0.717, 1.165) is 12.8 Å². The quantitative estimate of drug-likeness (QED) is 0.633. The molecule has 0 spiro atoms. The van der Waals surface area contributed by atoms with E-state index in [1.165, 1.54) is 24.8 Å². The van der Waals surface area contributed by atoms with Crippen molar-refractivity contribution in [3.05, 3.63) is 48.3 Å². The molecule has 1 heteroatoms. The molecule has 0 nitrogen and oxygen atoms in total. The summed E-state index contributed by atoms with van der Waals surface area (Å²) in [5, 5.41) is 0. The van der Waals surface area contributed by atoms with Crippen LogP contribution in [-0.4, -0.2) is 0 Å². The number of hydrogen-bond acceptors (Lipinski definition) is 0. The van der Waals surface area contributed by atoms with Crippen molar-refractivity contribution in [3.63, 3.8) is 0 Å². The van der Waals surface area contributed by atoms with Gasteiger partial charge in [-0.05, 0) is 30.5 Å². The van der Waals surface area contributed by atoms with Crippen molar-refractivity contribution in [3.8, 4) is 0 Å². The van der Waals surface area contributed by atoms with Crippen molar-refractivity contribution in [2.24, 2.45) is 0 Å². The summed E-state index contributed by atoms with van der Waals surface area (Å²) in [5.74, 6) is -0.159. The van der Waals surface area contributed by atoms with E-state index in [9.17, 15) is 4.39 Å². The second kappa shape index (κ2) is 4.18. The van der Waals surface area contributed by atoms with Gasteiger partial charge < -0.3 is 0 Å². The van der Waals surface area contributed by atoms with Gasteiger partial charge in [0.05, 0.1) is 0 Å². The zero-order valence-electron chi connectivity index (χ0n) is 9.01. The minimum absolute atomic E-state index is 0.103. The van der Waals surface area contributed by atoms with Crippen molar-refractivity contribution >= 4 is 0 Å². The maximum atomic E-state index is 12.9. The van der Waals surface area contributed by atoms with E-state index >= 15 is 0 Å². The summed E-state index contributed by atoms with van der Waals surface area (Å²) in [6.07, 6.45) is 8.19. The third kappa shape index (κ3) is 1.97. The van der Waals surface area contributed by atoms with Gasteiger partial charge in [-0.25, -0.2) is 4.39 Å². The Morgan fingerprint density at radius 3 is 2.20 bits per heavy atom. The van der Waals surface area contributed by atoms with Gasteiger partial charge in [-0.15, -0.1) is 6.58 Å². The molecular formula is C14H17F. The van der Waals surface area contributed by atoms with Crippen LogP contribution in [0.2, 0.25) is 0 Å². The van der Waals surface area contributed by atoms with Crippen LogP contribution < -0.4 is 0 Å². The maximum Gasteiger partial charge on any atom is 0.123 e. The summed E-state index contributed by atoms with van der Waals surface area (Å²) >= 11 is 0. The van der Waals surface area contributed by atoms with E-state index in [2.05, 4.69) is 12.7 Å². The van der Waals surface area contributed by atoms with E-state index < -0.39 is 0 Å². The van der Waals surface area contributed by atoms with E-state index in [-0.39, 0.29) is 11.2 Å². The SMILES string of the molecule is C=CC1(c2ccc(F)cc2)CCCCC1. The summed E-state index contributed by atoms with van der Waals surface area (Å²) in [6, 6.07) is 6.91. The number of allylic oxidation sites excluding steroid dienone is 1. The molecule has 1 fully saturated rings. The summed E-state index contributed by atoms with van der Waals surface area (Å²) in [6.45, 7) is 3.96. The molecule has 0 aliphatic heterocycles. The van der Waals surface area contributed by atoms with Gasteiger partial charge in [0.2, 0.25) is 0 Å². The fourth-order valence-electron chi connectivity index (χ4n) is 2.58. The third-order valence-corrected chi connectivity index (χ3v) is 3.56. The van der Waals surface area contributed by atoms with Crippen molar-refractivity contribution in [2.45, 2.75) is 37.5 Å². The van der Waals surface area contributed by atoms with Crippen LogP contribution in [0.15, 0.2) is 36.9 Å². The standard InChI is InChI=1S/C14H17F/c1-2-14(10-4-3-5-11-14)12-6-8-13(15)9-7-12/h2,6-9H,1,3-5,10-11H2. The molecule has 1 aromatic carbocycles. The molecule has 0 atom stereocenters. The molecule has 0 bridgehead atoms. The molecule has 15 heavy (non-hydrogen) atoms. The van der Waals surface area contributed by atoms with Crippen LogP contribution in [0.3, 0.4) is 0 Å². The molecule has 1 aliphatic rings. The lowest BCUT2D eigenvalue weighted by molar-refractivity contribution is 0.357. The normalized spacial score (nSPS) is 19.8. The predicted molar refractivity (Wildman–Crippen MR) is 61.4 cm³/mol. The molecule has 0 unspecified atom stereocenters. The Labute approximate surface area is 90.8 Å². The van der Waals surface area contributed by atoms with Crippen LogP contribution in [0.25, 0.3) is 0 Å². The van der Waals surface area contributed by atoms with Gasteiger partial charge in [0, 0.05) is 5.41 Å². The van der Waals surface area contributed by atoms with Crippen LogP contribution in [0.1, 0.15) is 37.7 Å². The first-order valence-electron chi connectivity index (χ1n) is 5.66. The molecule has 0 heterocycles. The summed E-state index contributed by atoms with van der Waals surface area (Å²) in [5.41, 5.74) is 1.32. The Kier molecular flexibility index (Phi) is 2.90. The minimum atomic E-state index is -0.159. The zero-order chi connectivity index (χ0) is 10.7. The topological polar surface area (TPSA) is 0 Å². The van der Waals surface area contributed by atoms with Crippen LogP contribution >= 0.6 is 0 Å². The van der Waals surface area contributed by atoms with Crippen molar-refractivity contribution < 1.29 is 4.39 Å². The molecule has 0 N–H and O–H groups in total. The highest BCUT2D eigenvalue weighted by atomic mass is 19.1. The van der Waals surface area contributed by atoms with E-state index in [4.69, 9.17) is 0 Å². The molecule has 0 amide bonds. The summed E-state index contributed by atoms with van der Waals surface area (Å²) in [4.78, 5) is 0. The molecule has 80 valence electrons. The maximum absolute atomic E-state index is 12.9. The Hall–Kier alpha value is -1.11. The van der Waals surface area contributed by atoms with Gasteiger partial charge in [-0.2, -0.15) is 0 Å². The Morgan fingerprint density at radius 2 is 1.67 bits per heavy atom. The zero-order valence-corrected chi connectivity index (χ0v) is 9.01. The monoisotopic (exact) mass is 204 g/mol. The first-order chi connectivity index (χ1) is 7.27. The fraction of sp³-hybridized carbons (Fsp3) is 0.429. The highest BCUT2D eigenvalue weighted by Gasteiger charge is 2.30. The lowest BCUT2D eigenvalue weighted by Gasteiger charge is -2.35. The average molecular weight is 204 g/mol. The average Bonchev–Trinajstić information content (AvgIpc) is 2.31. The van der Waals surface area contributed by atoms with Gasteiger partial charge in [-0.1, -0.05) is 37.5 Å². The van der Waals surface area contributed by atoms with Crippen LogP contribution in [0.5, 0.6) is 0 Å². The number of halogens is 1. The Morgan fingerprint density at radius 1 is 1.07 bits per heavy atom. The van der Waals surface area contributed by atoms with Crippen molar-refractivity contribution in [2.75, 3.05) is 0 Å². The molecule has 1 aromatic rings. The third-order valence-electron chi connectivity index (χ3n) is 3.56. The molecular weight excluding hydrogens is 187 g/mol. The van der Waals surface area contributed by atoms with Gasteiger partial charge in [0.1, 0.15) is 5.82 Å². The van der Waals surface area contributed by atoms with Gasteiger partial charge >= 0.3 is 0 Å². The molecule has 0 radical (unpaired) electrons. The van der Waals surface area contributed by atoms with Crippen molar-refractivity contribution in [1.29, 1.82) is 0 Å². The fourth-order valence-corrected chi connectivity index (χ4v) is 2.58. The van der Waals surface area contributed by atoms with E-state index in [1.54, 1.807) is 12.1 Å². The van der Waals surface area contributed by atoms with Gasteiger partial charge in [-0.3, -0.25) is 0 Å². The summed E-state index contributed by atoms with van der Waals surface area (Å²) < 4.78 is 12.9. The number of rotatable bonds is 2. The molecule has 2 rings (SSSR count). The lowest BCUT2D eigenvalue weighted by Crippen LogP contribution is -2.26. The Balaban J connectivity index is 2.32. The number of benzene rings is 1. The molecule has 1 saturated carbocycles. The first kappa shape index (κ1) is 10.4. The Bertz CT molecular complexity index is 331. The predicted octanol–water partition coefficient (Wildman–Crippen LogP) is 4.21. The van der Waals surface area contributed by atoms with Gasteiger partial charge in [0.25, 0.3) is 0 Å². The second-order valence-electron chi connectivity index (χ2n) is 4.43. The minimum Gasteiger partial charge on any atom is -0.207 e. The van der Waals surface area contributed by atoms with E-state index in [0.29, 0.717) is 0 Å². The van der Waals surface area contributed by atoms with Gasteiger partial charge in [0.15, 0.2) is 0 Å². The van der Waals surface area contributed by atoms with Crippen LogP contribution in [0, 0.1) is 5.82 Å². The molecule has 1 aliphatic carbocycles.